The molecule has 0 saturated heterocycles. The van der Waals surface area contributed by atoms with E-state index in [4.69, 9.17) is 61.6 Å². The molecule has 3 heterocycles. The number of alkyl halides is 3. The van der Waals surface area contributed by atoms with Crippen molar-refractivity contribution in [3.63, 3.8) is 0 Å². The van der Waals surface area contributed by atoms with Gasteiger partial charge in [-0.2, -0.15) is 13.2 Å². The van der Waals surface area contributed by atoms with Gasteiger partial charge in [-0.1, -0.05) is 151 Å². The maximum atomic E-state index is 14.7. The number of amides is 3. The number of aliphatic hydroxyl groups is 1. The van der Waals surface area contributed by atoms with E-state index in [1.165, 1.54) is 23.1 Å². The fourth-order valence-corrected chi connectivity index (χ4v) is 12.8. The summed E-state index contributed by atoms with van der Waals surface area (Å²) in [5.74, 6) is -1.90. The van der Waals surface area contributed by atoms with E-state index < -0.39 is 40.3 Å². The van der Waals surface area contributed by atoms with E-state index >= 15 is 0 Å². The van der Waals surface area contributed by atoms with Crippen molar-refractivity contribution in [2.75, 3.05) is 48.0 Å². The Morgan fingerprint density at radius 3 is 1.73 bits per heavy atom. The molecule has 10 nitrogen and oxygen atoms in total. The molecule has 0 aliphatic carbocycles. The molecule has 0 spiro atoms. The Labute approximate surface area is 578 Å². The topological polar surface area (TPSA) is 134 Å². The van der Waals surface area contributed by atoms with Crippen LogP contribution in [0.2, 0.25) is 20.1 Å². The normalized spacial score (nSPS) is 18.6. The number of fused-ring (bicyclic) bond motifs is 5. The van der Waals surface area contributed by atoms with Crippen molar-refractivity contribution >= 4 is 125 Å². The largest absolute Gasteiger partial charge is 0.416 e. The number of nitrogens with zero attached hydrogens (tertiary/aromatic N) is 2. The van der Waals surface area contributed by atoms with Crippen LogP contribution in [0, 0.1) is 92.0 Å². The fraction of sp³-hybridized carbons (Fsp3) is 0.242. The van der Waals surface area contributed by atoms with Crippen LogP contribution in [-0.4, -0.2) is 55.7 Å². The molecule has 426 valence electrons. The Kier molecular flexibility index (Phi) is 22.7. The maximum Gasteiger partial charge on any atom is 0.416 e. The zero-order valence-corrected chi connectivity index (χ0v) is 57.6. The van der Waals surface area contributed by atoms with E-state index in [-0.39, 0.29) is 135 Å². The van der Waals surface area contributed by atoms with Gasteiger partial charge < -0.3 is 35.4 Å². The van der Waals surface area contributed by atoms with Crippen molar-refractivity contribution in [2.24, 2.45) is 5.73 Å². The summed E-state index contributed by atoms with van der Waals surface area (Å²) in [6.07, 6.45) is -2.80. The first-order chi connectivity index (χ1) is 38.7. The number of carbonyl (C=O) groups excluding carboxylic acids is 3. The number of ether oxygens (including phenoxy) is 2. The first-order valence-electron chi connectivity index (χ1n) is 26.0. The molecule has 3 amide bonds. The first kappa shape index (κ1) is 67.4. The van der Waals surface area contributed by atoms with E-state index in [0.29, 0.717) is 73.7 Å². The third-order valence-corrected chi connectivity index (χ3v) is 15.9. The summed E-state index contributed by atoms with van der Waals surface area (Å²) in [6, 6.07) is 41.1. The molecule has 3 aliphatic rings. The standard InChI is InChI=1S/C22H17F3INO2.C21H18Cl2N2O2.C19H18Cl2FNO2.2Pr/c1-2-9-27-18-12-16(26)11-17(22(23,24)25)19(18)21(29,20(27)28)15-8-7-13-5-3-4-6-14(13)10-15;22-16-11-17(23)19-18(12-16)25-20(26)21(19,27-9-3-8-24)15-7-6-13-4-1-2-5-14(13)10-15;1-3-9-23-16-11-12(20)10-14(21)17(16)19(18(23)24,25-4-2)13-7-5-6-8-15(13)22;;/h3-8,10-12,29H,2,9H2,1H3;1-2,4-7,10-12H,3,8-9,24H2,(H,25,26);5-8,10-11H,3-4,9H2,1-2H3;;. The van der Waals surface area contributed by atoms with Gasteiger partial charge in [-0.05, 0) is 143 Å². The van der Waals surface area contributed by atoms with Crippen LogP contribution in [0.4, 0.5) is 34.6 Å². The predicted molar refractivity (Wildman–Crippen MR) is 321 cm³/mol. The van der Waals surface area contributed by atoms with Gasteiger partial charge in [0.05, 0.1) is 39.3 Å². The van der Waals surface area contributed by atoms with Gasteiger partial charge in [-0.15, -0.1) is 0 Å². The van der Waals surface area contributed by atoms with Gasteiger partial charge in [0.1, 0.15) is 5.82 Å². The van der Waals surface area contributed by atoms with E-state index in [0.717, 1.165) is 39.6 Å². The summed E-state index contributed by atoms with van der Waals surface area (Å²) in [5, 5.41) is 19.7. The van der Waals surface area contributed by atoms with Gasteiger partial charge in [-0.25, -0.2) is 4.39 Å². The van der Waals surface area contributed by atoms with Gasteiger partial charge in [0.15, 0.2) is 5.60 Å². The summed E-state index contributed by atoms with van der Waals surface area (Å²) in [7, 11) is 0. The molecule has 0 fully saturated rings. The van der Waals surface area contributed by atoms with Crippen molar-refractivity contribution in [3.8, 4) is 0 Å². The van der Waals surface area contributed by atoms with Crippen molar-refractivity contribution in [1.29, 1.82) is 0 Å². The third kappa shape index (κ3) is 12.7. The summed E-state index contributed by atoms with van der Waals surface area (Å²) >= 11 is 27.1. The predicted octanol–water partition coefficient (Wildman–Crippen LogP) is 15.3. The average molecular weight is 1580 g/mol. The number of rotatable bonds is 13. The van der Waals surface area contributed by atoms with Crippen LogP contribution < -0.4 is 20.9 Å². The van der Waals surface area contributed by atoms with Crippen molar-refractivity contribution in [1.82, 2.24) is 0 Å². The van der Waals surface area contributed by atoms with E-state index in [1.807, 2.05) is 68.4 Å². The second-order valence-corrected chi connectivity index (χ2v) is 22.3. The van der Waals surface area contributed by atoms with Crippen molar-refractivity contribution in [3.05, 3.63) is 214 Å². The van der Waals surface area contributed by atoms with Gasteiger partial charge >= 0.3 is 6.18 Å². The fourth-order valence-electron chi connectivity index (χ4n) is 10.9. The molecule has 0 bridgehead atoms. The zero-order valence-electron chi connectivity index (χ0n) is 45.0. The van der Waals surface area contributed by atoms with Gasteiger partial charge in [0.2, 0.25) is 11.2 Å². The molecule has 2 radical (unpaired) electrons. The molecule has 8 aromatic carbocycles. The SMILES string of the molecule is CCCN1C(=O)C(O)(c2ccc3ccccc3c2)c2c1cc(I)cc2C(F)(F)F.CCCN1C(=O)C(OCC)(c2ccccc2F)c2c(Cl)cc(Cl)cc21.NCCCOC1(c2ccc3ccccc3c2)C(=O)Nc2cc(Cl)cc(Cl)c21.[Pr].[Pr]. The van der Waals surface area contributed by atoms with Crippen LogP contribution in [-0.2, 0) is 46.8 Å². The number of nitrogens with two attached hydrogens (primary N) is 1. The van der Waals surface area contributed by atoms with Crippen LogP contribution >= 0.6 is 69.0 Å². The van der Waals surface area contributed by atoms with Crippen LogP contribution in [0.25, 0.3) is 21.5 Å². The molecule has 21 heteroatoms. The number of benzene rings is 8. The van der Waals surface area contributed by atoms with Gasteiger partial charge in [-0.3, -0.25) is 14.4 Å². The van der Waals surface area contributed by atoms with Crippen molar-refractivity contribution < 1.29 is 129 Å². The molecule has 0 saturated carbocycles. The average Bonchev–Trinajstić information content (AvgIpc) is 2.38. The Balaban J connectivity index is 0.000000177. The molecule has 83 heavy (non-hydrogen) atoms. The summed E-state index contributed by atoms with van der Waals surface area (Å²) in [5.41, 5.74) is 2.21. The quantitative estimate of drug-likeness (QED) is 0.0594. The Morgan fingerprint density at radius 1 is 0.627 bits per heavy atom. The van der Waals surface area contributed by atoms with E-state index in [1.54, 1.807) is 101 Å². The van der Waals surface area contributed by atoms with Gasteiger partial charge in [0.25, 0.3) is 17.7 Å². The second kappa shape index (κ2) is 27.9. The van der Waals surface area contributed by atoms with Crippen molar-refractivity contribution in [2.45, 2.75) is 63.0 Å². The van der Waals surface area contributed by atoms with Crippen LogP contribution in [0.5, 0.6) is 0 Å². The minimum atomic E-state index is -4.71. The molecule has 3 aliphatic heterocycles. The summed E-state index contributed by atoms with van der Waals surface area (Å²) in [4.78, 5) is 42.7. The van der Waals surface area contributed by atoms with E-state index in [2.05, 4.69) is 5.32 Å². The molecule has 4 N–H and O–H groups in total. The molecular weight excluding hydrogens is 1520 g/mol. The first-order valence-corrected chi connectivity index (χ1v) is 28.6. The van der Waals surface area contributed by atoms with Crippen LogP contribution in [0.1, 0.15) is 79.0 Å². The molecule has 3 atom stereocenters. The Morgan fingerprint density at radius 2 is 1.16 bits per heavy atom. The monoisotopic (exact) mass is 1570 g/mol. The number of hydrogen-bond donors (Lipinski definition) is 3. The number of carbonyl (C=O) groups is 3. The van der Waals surface area contributed by atoms with Crippen LogP contribution in [0.15, 0.2) is 146 Å². The molecule has 3 unspecified atom stereocenters. The summed E-state index contributed by atoms with van der Waals surface area (Å²) < 4.78 is 69.0. The molecule has 8 aromatic rings. The van der Waals surface area contributed by atoms with E-state index in [9.17, 15) is 37.1 Å². The minimum Gasteiger partial charge on any atom is -0.372 e. The number of halogens is 9. The minimum absolute atomic E-state index is 0. The maximum absolute atomic E-state index is 14.7. The summed E-state index contributed by atoms with van der Waals surface area (Å²) in [6.45, 7) is 7.26. The third-order valence-electron chi connectivity index (χ3n) is 14.3. The van der Waals surface area contributed by atoms with Crippen LogP contribution in [0.3, 0.4) is 0 Å². The Hall–Kier alpha value is -3.13. The number of hydrogen-bond acceptors (Lipinski definition) is 7. The zero-order chi connectivity index (χ0) is 58.2. The number of nitrogens with one attached hydrogen (secondary N) is 1. The molecule has 0 aromatic heterocycles. The number of anilines is 3. The Bertz CT molecular complexity index is 3780. The van der Waals surface area contributed by atoms with Gasteiger partial charge in [0, 0.05) is 138 Å². The smallest absolute Gasteiger partial charge is 0.372 e. The molecular formula is C62H53Cl4F4IN4O6Pr2. The molecule has 11 rings (SSSR count). The second-order valence-electron chi connectivity index (χ2n) is 19.4.